The van der Waals surface area contributed by atoms with Crippen molar-refractivity contribution in [1.82, 2.24) is 5.43 Å². The summed E-state index contributed by atoms with van der Waals surface area (Å²) in [6.45, 7) is 9.40. The van der Waals surface area contributed by atoms with Gasteiger partial charge >= 0.3 is 0 Å². The summed E-state index contributed by atoms with van der Waals surface area (Å²) < 4.78 is 0. The Hall–Kier alpha value is -0.0800. The lowest BCUT2D eigenvalue weighted by Gasteiger charge is -2.39. The van der Waals surface area contributed by atoms with Crippen LogP contribution in [0.25, 0.3) is 0 Å². The van der Waals surface area contributed by atoms with Crippen LogP contribution in [0.1, 0.15) is 72.6 Å². The molecule has 2 nitrogen and oxygen atoms in total. The SMILES string of the molecule is CCCC(CCC)C(NN)C1CC(C)CC(C)C1. The summed E-state index contributed by atoms with van der Waals surface area (Å²) in [6, 6.07) is 0.537. The second kappa shape index (κ2) is 8.16. The number of hydrogen-bond acceptors (Lipinski definition) is 2. The van der Waals surface area contributed by atoms with Gasteiger partial charge in [0, 0.05) is 6.04 Å². The minimum absolute atomic E-state index is 0.537. The summed E-state index contributed by atoms with van der Waals surface area (Å²) in [5.41, 5.74) is 3.18. The minimum Gasteiger partial charge on any atom is -0.271 e. The van der Waals surface area contributed by atoms with E-state index in [1.165, 1.54) is 44.9 Å². The van der Waals surface area contributed by atoms with Crippen LogP contribution in [0.4, 0.5) is 0 Å². The smallest absolute Gasteiger partial charge is 0.0267 e. The average Bonchev–Trinajstić information content (AvgIpc) is 2.29. The van der Waals surface area contributed by atoms with Gasteiger partial charge in [-0.3, -0.25) is 11.3 Å². The van der Waals surface area contributed by atoms with Crippen LogP contribution in [0.15, 0.2) is 0 Å². The van der Waals surface area contributed by atoms with Crippen molar-refractivity contribution in [2.75, 3.05) is 0 Å². The van der Waals surface area contributed by atoms with Crippen molar-refractivity contribution in [1.29, 1.82) is 0 Å². The molecule has 3 N–H and O–H groups in total. The van der Waals surface area contributed by atoms with Crippen LogP contribution in [-0.4, -0.2) is 6.04 Å². The predicted molar refractivity (Wildman–Crippen MR) is 80.1 cm³/mol. The zero-order valence-electron chi connectivity index (χ0n) is 12.9. The molecule has 1 aliphatic carbocycles. The fourth-order valence-corrected chi connectivity index (χ4v) is 4.20. The molecule has 0 radical (unpaired) electrons. The number of hydrazine groups is 1. The first-order valence-corrected chi connectivity index (χ1v) is 8.08. The second-order valence-electron chi connectivity index (χ2n) is 6.71. The van der Waals surface area contributed by atoms with Crippen molar-refractivity contribution >= 4 is 0 Å². The van der Waals surface area contributed by atoms with E-state index in [9.17, 15) is 0 Å². The molecular formula is C16H34N2. The lowest BCUT2D eigenvalue weighted by Crippen LogP contribution is -2.48. The Morgan fingerprint density at radius 2 is 1.50 bits per heavy atom. The van der Waals surface area contributed by atoms with Gasteiger partial charge in [-0.2, -0.15) is 0 Å². The van der Waals surface area contributed by atoms with Crippen molar-refractivity contribution < 1.29 is 0 Å². The van der Waals surface area contributed by atoms with Crippen LogP contribution in [0.3, 0.4) is 0 Å². The van der Waals surface area contributed by atoms with Crippen LogP contribution in [0, 0.1) is 23.7 Å². The standard InChI is InChI=1S/C16H34N2/c1-5-7-14(8-6-2)16(18-17)15-10-12(3)9-13(4)11-15/h12-16,18H,5-11,17H2,1-4H3. The Labute approximate surface area is 114 Å². The summed E-state index contributed by atoms with van der Waals surface area (Å²) in [4.78, 5) is 0. The zero-order valence-corrected chi connectivity index (χ0v) is 12.9. The first-order chi connectivity index (χ1) is 8.62. The highest BCUT2D eigenvalue weighted by Crippen LogP contribution is 2.37. The largest absolute Gasteiger partial charge is 0.271 e. The van der Waals surface area contributed by atoms with Crippen LogP contribution in [0.2, 0.25) is 0 Å². The van der Waals surface area contributed by atoms with Gasteiger partial charge in [0.15, 0.2) is 0 Å². The molecule has 0 aromatic heterocycles. The average molecular weight is 254 g/mol. The van der Waals surface area contributed by atoms with Crippen LogP contribution in [0.5, 0.6) is 0 Å². The number of hydrogen-bond donors (Lipinski definition) is 2. The van der Waals surface area contributed by atoms with Crippen LogP contribution >= 0.6 is 0 Å². The maximum atomic E-state index is 5.91. The van der Waals surface area contributed by atoms with E-state index in [1.807, 2.05) is 0 Å². The fourth-order valence-electron chi connectivity index (χ4n) is 4.20. The van der Waals surface area contributed by atoms with Crippen molar-refractivity contribution in [3.8, 4) is 0 Å². The molecule has 1 fully saturated rings. The molecule has 2 heteroatoms. The first-order valence-electron chi connectivity index (χ1n) is 8.08. The van der Waals surface area contributed by atoms with Gasteiger partial charge in [-0.25, -0.2) is 0 Å². The molecule has 1 rings (SSSR count). The first kappa shape index (κ1) is 16.0. The minimum atomic E-state index is 0.537. The molecule has 0 aliphatic heterocycles. The van der Waals surface area contributed by atoms with E-state index in [2.05, 4.69) is 33.1 Å². The Balaban J connectivity index is 2.66. The quantitative estimate of drug-likeness (QED) is 0.530. The van der Waals surface area contributed by atoms with Gasteiger partial charge in [0.05, 0.1) is 0 Å². The highest BCUT2D eigenvalue weighted by molar-refractivity contribution is 4.86. The molecule has 3 unspecified atom stereocenters. The van der Waals surface area contributed by atoms with Gasteiger partial charge in [0.25, 0.3) is 0 Å². The van der Waals surface area contributed by atoms with Gasteiger partial charge < -0.3 is 0 Å². The second-order valence-corrected chi connectivity index (χ2v) is 6.71. The molecule has 108 valence electrons. The van der Waals surface area contributed by atoms with E-state index >= 15 is 0 Å². The zero-order chi connectivity index (χ0) is 13.5. The summed E-state index contributed by atoms with van der Waals surface area (Å²) >= 11 is 0. The van der Waals surface area contributed by atoms with Gasteiger partial charge in [-0.15, -0.1) is 0 Å². The maximum Gasteiger partial charge on any atom is 0.0267 e. The van der Waals surface area contributed by atoms with Gasteiger partial charge in [-0.05, 0) is 55.8 Å². The van der Waals surface area contributed by atoms with E-state index in [-0.39, 0.29) is 0 Å². The molecule has 1 saturated carbocycles. The topological polar surface area (TPSA) is 38.0 Å². The molecule has 0 amide bonds. The van der Waals surface area contributed by atoms with E-state index in [1.54, 1.807) is 0 Å². The maximum absolute atomic E-state index is 5.91. The molecule has 18 heavy (non-hydrogen) atoms. The van der Waals surface area contributed by atoms with Crippen molar-refractivity contribution in [2.24, 2.45) is 29.5 Å². The predicted octanol–water partition coefficient (Wildman–Crippen LogP) is 4.11. The highest BCUT2D eigenvalue weighted by Gasteiger charge is 2.33. The molecule has 0 aromatic carbocycles. The van der Waals surface area contributed by atoms with Gasteiger partial charge in [-0.1, -0.05) is 40.5 Å². The number of rotatable bonds is 7. The Kier molecular flexibility index (Phi) is 7.25. The Morgan fingerprint density at radius 3 is 1.89 bits per heavy atom. The van der Waals surface area contributed by atoms with E-state index in [0.717, 1.165) is 23.7 Å². The van der Waals surface area contributed by atoms with E-state index < -0.39 is 0 Å². The number of nitrogens with one attached hydrogen (secondary N) is 1. The van der Waals surface area contributed by atoms with E-state index in [0.29, 0.717) is 6.04 Å². The third-order valence-corrected chi connectivity index (χ3v) is 4.74. The lowest BCUT2D eigenvalue weighted by atomic mass is 9.70. The monoisotopic (exact) mass is 254 g/mol. The highest BCUT2D eigenvalue weighted by atomic mass is 15.2. The Morgan fingerprint density at radius 1 is 1.00 bits per heavy atom. The molecule has 3 atom stereocenters. The fraction of sp³-hybridized carbons (Fsp3) is 1.00. The number of nitrogens with two attached hydrogens (primary N) is 1. The summed E-state index contributed by atoms with van der Waals surface area (Å²) in [6.07, 6.45) is 9.33. The molecular weight excluding hydrogens is 220 g/mol. The van der Waals surface area contributed by atoms with Crippen LogP contribution in [-0.2, 0) is 0 Å². The molecule has 0 aromatic rings. The van der Waals surface area contributed by atoms with Crippen molar-refractivity contribution in [2.45, 2.75) is 78.7 Å². The van der Waals surface area contributed by atoms with Gasteiger partial charge in [0.2, 0.25) is 0 Å². The molecule has 1 aliphatic rings. The molecule has 0 saturated heterocycles. The molecule has 0 heterocycles. The third-order valence-electron chi connectivity index (χ3n) is 4.74. The summed E-state index contributed by atoms with van der Waals surface area (Å²) in [7, 11) is 0. The van der Waals surface area contributed by atoms with Crippen molar-refractivity contribution in [3.63, 3.8) is 0 Å². The molecule has 0 bridgehead atoms. The summed E-state index contributed by atoms with van der Waals surface area (Å²) in [5.74, 6) is 9.21. The van der Waals surface area contributed by atoms with E-state index in [4.69, 9.17) is 5.84 Å². The normalized spacial score (nSPS) is 30.7. The van der Waals surface area contributed by atoms with Crippen molar-refractivity contribution in [3.05, 3.63) is 0 Å². The Bertz CT molecular complexity index is 201. The lowest BCUT2D eigenvalue weighted by molar-refractivity contribution is 0.134. The molecule has 0 spiro atoms. The van der Waals surface area contributed by atoms with Gasteiger partial charge in [0.1, 0.15) is 0 Å². The summed E-state index contributed by atoms with van der Waals surface area (Å²) in [5, 5.41) is 0. The van der Waals surface area contributed by atoms with Crippen LogP contribution < -0.4 is 11.3 Å². The third kappa shape index (κ3) is 4.55.